The first-order valence-electron chi connectivity index (χ1n) is 5.39. The second-order valence-electron chi connectivity index (χ2n) is 5.00. The van der Waals surface area contributed by atoms with Crippen LogP contribution >= 0.6 is 27.3 Å². The van der Waals surface area contributed by atoms with Crippen LogP contribution in [0.1, 0.15) is 26.5 Å². The van der Waals surface area contributed by atoms with E-state index in [0.29, 0.717) is 11.4 Å². The zero-order valence-electron chi connectivity index (χ0n) is 10.6. The second kappa shape index (κ2) is 4.24. The molecule has 0 aliphatic rings. The Morgan fingerprint density at radius 2 is 2.17 bits per heavy atom. The van der Waals surface area contributed by atoms with E-state index < -0.39 is 11.6 Å². The number of halogens is 1. The predicted molar refractivity (Wildman–Crippen MR) is 75.8 cm³/mol. The number of anilines is 1. The largest absolute Gasteiger partial charge is 0.465 e. The molecule has 5 nitrogen and oxygen atoms in total. The Balaban J connectivity index is 2.71. The zero-order chi connectivity index (χ0) is 13.7. The van der Waals surface area contributed by atoms with Gasteiger partial charge in [-0.15, -0.1) is 11.3 Å². The predicted octanol–water partition coefficient (Wildman–Crippen LogP) is 3.75. The van der Waals surface area contributed by atoms with Gasteiger partial charge in [0.2, 0.25) is 0 Å². The highest BCUT2D eigenvalue weighted by Gasteiger charge is 2.32. The van der Waals surface area contributed by atoms with Gasteiger partial charge < -0.3 is 5.11 Å². The Labute approximate surface area is 117 Å². The van der Waals surface area contributed by atoms with Gasteiger partial charge in [-0.2, -0.15) is 5.10 Å². The minimum atomic E-state index is -0.968. The molecule has 0 fully saturated rings. The molecule has 0 aromatic carbocycles. The van der Waals surface area contributed by atoms with Gasteiger partial charge in [0.25, 0.3) is 0 Å². The molecular weight excluding hydrogens is 318 g/mol. The summed E-state index contributed by atoms with van der Waals surface area (Å²) in [5.41, 5.74) is 0.849. The maximum Gasteiger partial charge on any atom is 0.412 e. The summed E-state index contributed by atoms with van der Waals surface area (Å²) < 4.78 is 2.55. The molecule has 1 amide bonds. The third-order valence-corrected chi connectivity index (χ3v) is 4.34. The van der Waals surface area contributed by atoms with E-state index in [9.17, 15) is 9.90 Å². The summed E-state index contributed by atoms with van der Waals surface area (Å²) in [6, 6.07) is 0. The summed E-state index contributed by atoms with van der Waals surface area (Å²) in [4.78, 5) is 13.7. The van der Waals surface area contributed by atoms with E-state index in [-0.39, 0.29) is 0 Å². The van der Waals surface area contributed by atoms with Crippen LogP contribution < -0.4 is 4.90 Å². The van der Waals surface area contributed by atoms with Crippen molar-refractivity contribution in [3.63, 3.8) is 0 Å². The fraction of sp³-hybridized carbons (Fsp3) is 0.455. The van der Waals surface area contributed by atoms with Crippen LogP contribution in [0.25, 0.3) is 4.83 Å². The van der Waals surface area contributed by atoms with Crippen molar-refractivity contribution in [2.24, 2.45) is 0 Å². The minimum absolute atomic E-state index is 0.517. The van der Waals surface area contributed by atoms with Gasteiger partial charge in [-0.25, -0.2) is 9.31 Å². The monoisotopic (exact) mass is 331 g/mol. The summed E-state index contributed by atoms with van der Waals surface area (Å²) >= 11 is 4.87. The zero-order valence-corrected chi connectivity index (χ0v) is 13.0. The fourth-order valence-corrected chi connectivity index (χ4v) is 3.43. The molecule has 1 N–H and O–H groups in total. The Bertz CT molecular complexity index is 612. The van der Waals surface area contributed by atoms with Crippen molar-refractivity contribution < 1.29 is 9.90 Å². The smallest absolute Gasteiger partial charge is 0.412 e. The number of carboxylic acid groups (broad SMARTS) is 1. The lowest BCUT2D eigenvalue weighted by Crippen LogP contribution is -2.45. The van der Waals surface area contributed by atoms with Gasteiger partial charge in [-0.05, 0) is 43.6 Å². The number of rotatable bonds is 1. The van der Waals surface area contributed by atoms with E-state index in [1.807, 2.05) is 33.1 Å². The first kappa shape index (κ1) is 13.4. The van der Waals surface area contributed by atoms with Crippen LogP contribution in [0, 0.1) is 6.92 Å². The summed E-state index contributed by atoms with van der Waals surface area (Å²) in [6.07, 6.45) is -0.968. The average molecular weight is 332 g/mol. The third kappa shape index (κ3) is 2.01. The third-order valence-electron chi connectivity index (χ3n) is 2.54. The first-order valence-corrected chi connectivity index (χ1v) is 7.06. The highest BCUT2D eigenvalue weighted by molar-refractivity contribution is 9.10. The number of aromatic nitrogens is 2. The minimum Gasteiger partial charge on any atom is -0.465 e. The average Bonchev–Trinajstić information content (AvgIpc) is 2.68. The molecule has 0 aliphatic heterocycles. The SMILES string of the molecule is Cc1nn2c(Br)csc2c1N(C(=O)O)C(C)(C)C. The molecule has 0 atom stereocenters. The molecule has 2 aromatic rings. The highest BCUT2D eigenvalue weighted by Crippen LogP contribution is 2.36. The van der Waals surface area contributed by atoms with Crippen molar-refractivity contribution in [1.29, 1.82) is 0 Å². The lowest BCUT2D eigenvalue weighted by Gasteiger charge is -2.32. The van der Waals surface area contributed by atoms with Crippen LogP contribution in [0.4, 0.5) is 10.5 Å². The second-order valence-corrected chi connectivity index (χ2v) is 6.67. The van der Waals surface area contributed by atoms with Crippen LogP contribution in [0.5, 0.6) is 0 Å². The number of amides is 1. The van der Waals surface area contributed by atoms with Crippen molar-refractivity contribution in [2.75, 3.05) is 4.90 Å². The summed E-state index contributed by atoms with van der Waals surface area (Å²) in [6.45, 7) is 7.43. The lowest BCUT2D eigenvalue weighted by molar-refractivity contribution is 0.195. The van der Waals surface area contributed by atoms with Crippen LogP contribution in [0.15, 0.2) is 9.98 Å². The van der Waals surface area contributed by atoms with E-state index in [4.69, 9.17) is 0 Å². The number of nitrogens with zero attached hydrogens (tertiary/aromatic N) is 3. The van der Waals surface area contributed by atoms with Gasteiger partial charge in [0.05, 0.1) is 5.69 Å². The van der Waals surface area contributed by atoms with E-state index in [1.165, 1.54) is 16.2 Å². The van der Waals surface area contributed by atoms with Crippen molar-refractivity contribution in [2.45, 2.75) is 33.2 Å². The molecule has 0 bridgehead atoms. The van der Waals surface area contributed by atoms with E-state index in [0.717, 1.165) is 9.43 Å². The molecule has 0 saturated heterocycles. The maximum atomic E-state index is 11.5. The van der Waals surface area contributed by atoms with Gasteiger partial charge in [-0.3, -0.25) is 4.90 Å². The summed E-state index contributed by atoms with van der Waals surface area (Å²) in [5, 5.41) is 15.7. The number of carbonyl (C=O) groups is 1. The Hall–Kier alpha value is -1.08. The number of hydrogen-bond acceptors (Lipinski definition) is 3. The van der Waals surface area contributed by atoms with Crippen molar-refractivity contribution >= 4 is 43.9 Å². The van der Waals surface area contributed by atoms with Gasteiger partial charge in [0.1, 0.15) is 15.1 Å². The molecule has 0 radical (unpaired) electrons. The molecule has 2 aromatic heterocycles. The van der Waals surface area contributed by atoms with Crippen molar-refractivity contribution in [3.8, 4) is 0 Å². The highest BCUT2D eigenvalue weighted by atomic mass is 79.9. The Morgan fingerprint density at radius 3 is 2.67 bits per heavy atom. The van der Waals surface area contributed by atoms with Crippen LogP contribution in [-0.2, 0) is 0 Å². The normalized spacial score (nSPS) is 12.1. The molecule has 0 unspecified atom stereocenters. The number of aryl methyl sites for hydroxylation is 1. The van der Waals surface area contributed by atoms with Crippen molar-refractivity contribution in [1.82, 2.24) is 9.61 Å². The Kier molecular flexibility index (Phi) is 3.14. The fourth-order valence-electron chi connectivity index (χ4n) is 1.88. The van der Waals surface area contributed by atoms with Gasteiger partial charge >= 0.3 is 6.09 Å². The summed E-state index contributed by atoms with van der Waals surface area (Å²) in [5.74, 6) is 0. The molecule has 7 heteroatoms. The molecular formula is C11H14BrN3O2S. The quantitative estimate of drug-likeness (QED) is 0.865. The van der Waals surface area contributed by atoms with Crippen LogP contribution in [-0.4, -0.2) is 26.4 Å². The lowest BCUT2D eigenvalue weighted by atomic mass is 10.1. The summed E-state index contributed by atoms with van der Waals surface area (Å²) in [7, 11) is 0. The molecule has 98 valence electrons. The molecule has 0 saturated carbocycles. The van der Waals surface area contributed by atoms with Crippen LogP contribution in [0.3, 0.4) is 0 Å². The van der Waals surface area contributed by atoms with Gasteiger partial charge in [0.15, 0.2) is 0 Å². The van der Waals surface area contributed by atoms with Crippen LogP contribution in [0.2, 0.25) is 0 Å². The van der Waals surface area contributed by atoms with E-state index in [2.05, 4.69) is 21.0 Å². The van der Waals surface area contributed by atoms with E-state index in [1.54, 1.807) is 4.52 Å². The van der Waals surface area contributed by atoms with Gasteiger partial charge in [-0.1, -0.05) is 0 Å². The molecule has 2 rings (SSSR count). The molecule has 18 heavy (non-hydrogen) atoms. The number of thiazole rings is 1. The number of hydrogen-bond donors (Lipinski definition) is 1. The number of fused-ring (bicyclic) bond motifs is 1. The maximum absolute atomic E-state index is 11.5. The molecule has 2 heterocycles. The Morgan fingerprint density at radius 1 is 1.56 bits per heavy atom. The molecule has 0 spiro atoms. The van der Waals surface area contributed by atoms with E-state index >= 15 is 0 Å². The topological polar surface area (TPSA) is 57.8 Å². The van der Waals surface area contributed by atoms with Gasteiger partial charge in [0, 0.05) is 10.9 Å². The van der Waals surface area contributed by atoms with Crippen molar-refractivity contribution in [3.05, 3.63) is 15.7 Å². The first-order chi connectivity index (χ1) is 8.23. The molecule has 0 aliphatic carbocycles. The standard InChI is InChI=1S/C11H14BrN3O2S/c1-6-8(14(10(16)17)11(2,3)4)9-15(13-6)7(12)5-18-9/h5H,1-4H3,(H,16,17).